The van der Waals surface area contributed by atoms with E-state index in [0.29, 0.717) is 16.9 Å². The number of esters is 2. The Morgan fingerprint density at radius 3 is 2.55 bits per heavy atom. The number of hydrogen-bond donors (Lipinski definition) is 4. The van der Waals surface area contributed by atoms with Gasteiger partial charge in [0.05, 0.1) is 18.4 Å². The highest BCUT2D eigenvalue weighted by Gasteiger charge is 2.30. The van der Waals surface area contributed by atoms with Crippen LogP contribution in [0.2, 0.25) is 0 Å². The maximum atomic E-state index is 12.4. The minimum absolute atomic E-state index is 0.0500. The zero-order chi connectivity index (χ0) is 27.4. The minimum Gasteiger partial charge on any atom is -0.492 e. The summed E-state index contributed by atoms with van der Waals surface area (Å²) < 4.78 is 9.68. The monoisotopic (exact) mass is 523 g/mol. The summed E-state index contributed by atoms with van der Waals surface area (Å²) in [6, 6.07) is 5.61. The molecule has 1 aliphatic heterocycles. The highest BCUT2D eigenvalue weighted by molar-refractivity contribution is 5.99. The number of carbonyl (C=O) groups is 4. The SMILES string of the molecule is CC(C)(C)OC(=O)Nc1nc(O)c2nc(CNc3ccc(C(=O)N[C@H]4CCC(=O)OC4=O)cc3)cnc2n1. The Bertz CT molecular complexity index is 1400. The van der Waals surface area contributed by atoms with Gasteiger partial charge in [0.1, 0.15) is 11.6 Å². The minimum atomic E-state index is -0.867. The Morgan fingerprint density at radius 1 is 1.13 bits per heavy atom. The lowest BCUT2D eigenvalue weighted by Gasteiger charge is -2.20. The molecule has 0 unspecified atom stereocenters. The van der Waals surface area contributed by atoms with Crippen molar-refractivity contribution in [3.8, 4) is 5.88 Å². The van der Waals surface area contributed by atoms with Crippen LogP contribution in [0.4, 0.5) is 16.4 Å². The average molecular weight is 524 g/mol. The van der Waals surface area contributed by atoms with Crippen molar-refractivity contribution in [3.05, 3.63) is 41.7 Å². The fourth-order valence-electron chi connectivity index (χ4n) is 3.38. The van der Waals surface area contributed by atoms with E-state index in [9.17, 15) is 24.3 Å². The molecule has 1 saturated heterocycles. The Balaban J connectivity index is 1.36. The number of benzene rings is 1. The molecule has 1 aromatic carbocycles. The molecule has 4 rings (SSSR count). The highest BCUT2D eigenvalue weighted by atomic mass is 16.6. The molecular formula is C24H25N7O7. The fraction of sp³-hybridized carbons (Fsp3) is 0.333. The number of anilines is 2. The number of cyclic esters (lactones) is 2. The summed E-state index contributed by atoms with van der Waals surface area (Å²) in [4.78, 5) is 63.6. The van der Waals surface area contributed by atoms with Crippen molar-refractivity contribution < 1.29 is 33.8 Å². The van der Waals surface area contributed by atoms with Gasteiger partial charge in [-0.05, 0) is 51.5 Å². The van der Waals surface area contributed by atoms with E-state index in [0.717, 1.165) is 0 Å². The molecule has 38 heavy (non-hydrogen) atoms. The van der Waals surface area contributed by atoms with Crippen molar-refractivity contribution in [2.75, 3.05) is 10.6 Å². The number of amides is 2. The summed E-state index contributed by atoms with van der Waals surface area (Å²) in [6.45, 7) is 5.35. The van der Waals surface area contributed by atoms with Gasteiger partial charge < -0.3 is 25.2 Å². The summed E-state index contributed by atoms with van der Waals surface area (Å²) in [5, 5.41) is 18.3. The standard InChI is InChI=1S/C24H25N7O7/c1-24(2,3)38-23(36)31-22-29-18-17(20(34)30-22)27-14(11-26-18)10-25-13-6-4-12(5-7-13)19(33)28-15-8-9-16(32)37-21(15)35/h4-7,11,15,25H,8-10H2,1-3H3,(H,28,33)(H2,26,29,30,31,34,36)/t15-/m0/s1. The molecule has 0 spiro atoms. The molecular weight excluding hydrogens is 498 g/mol. The number of nitrogens with one attached hydrogen (secondary N) is 3. The van der Waals surface area contributed by atoms with Crippen LogP contribution in [-0.2, 0) is 25.6 Å². The van der Waals surface area contributed by atoms with Gasteiger partial charge in [-0.25, -0.2) is 19.6 Å². The highest BCUT2D eigenvalue weighted by Crippen LogP contribution is 2.21. The van der Waals surface area contributed by atoms with Crippen LogP contribution in [0.15, 0.2) is 30.5 Å². The summed E-state index contributed by atoms with van der Waals surface area (Å²) in [6.07, 6.45) is 0.930. The zero-order valence-electron chi connectivity index (χ0n) is 20.8. The average Bonchev–Trinajstić information content (AvgIpc) is 2.83. The molecule has 4 N–H and O–H groups in total. The molecule has 1 atom stereocenters. The summed E-state index contributed by atoms with van der Waals surface area (Å²) >= 11 is 0. The number of hydrogen-bond acceptors (Lipinski definition) is 12. The van der Waals surface area contributed by atoms with Gasteiger partial charge in [-0.3, -0.25) is 14.9 Å². The molecule has 3 heterocycles. The van der Waals surface area contributed by atoms with Gasteiger partial charge in [-0.2, -0.15) is 9.97 Å². The van der Waals surface area contributed by atoms with Crippen LogP contribution in [0.5, 0.6) is 5.88 Å². The maximum Gasteiger partial charge on any atom is 0.414 e. The van der Waals surface area contributed by atoms with Crippen molar-refractivity contribution in [2.45, 2.75) is 51.8 Å². The number of aromatic hydroxyl groups is 1. The number of rotatable bonds is 6. The molecule has 1 aliphatic rings. The van der Waals surface area contributed by atoms with Gasteiger partial charge in [0, 0.05) is 17.7 Å². The van der Waals surface area contributed by atoms with Crippen molar-refractivity contribution in [1.82, 2.24) is 25.3 Å². The Morgan fingerprint density at radius 2 is 1.87 bits per heavy atom. The molecule has 2 amide bonds. The summed E-state index contributed by atoms with van der Waals surface area (Å²) in [7, 11) is 0. The predicted octanol–water partition coefficient (Wildman–Crippen LogP) is 2.05. The molecule has 3 aromatic rings. The van der Waals surface area contributed by atoms with Gasteiger partial charge in [-0.1, -0.05) is 0 Å². The third-order valence-electron chi connectivity index (χ3n) is 5.11. The lowest BCUT2D eigenvalue weighted by Crippen LogP contribution is -2.45. The van der Waals surface area contributed by atoms with E-state index < -0.39 is 41.5 Å². The zero-order valence-corrected chi connectivity index (χ0v) is 20.8. The third kappa shape index (κ3) is 6.66. The first-order valence-electron chi connectivity index (χ1n) is 11.6. The molecule has 198 valence electrons. The van der Waals surface area contributed by atoms with Crippen LogP contribution in [0.1, 0.15) is 49.7 Å². The van der Waals surface area contributed by atoms with E-state index in [2.05, 4.69) is 40.6 Å². The largest absolute Gasteiger partial charge is 0.492 e. The Hall–Kier alpha value is -4.88. The van der Waals surface area contributed by atoms with Crippen LogP contribution in [0.25, 0.3) is 11.2 Å². The van der Waals surface area contributed by atoms with Gasteiger partial charge in [0.15, 0.2) is 11.2 Å². The maximum absolute atomic E-state index is 12.4. The number of nitrogens with zero attached hydrogens (tertiary/aromatic N) is 4. The second-order valence-electron chi connectivity index (χ2n) is 9.32. The number of fused-ring (bicyclic) bond motifs is 1. The van der Waals surface area contributed by atoms with E-state index in [1.165, 1.54) is 6.20 Å². The lowest BCUT2D eigenvalue weighted by atomic mass is 10.1. The quantitative estimate of drug-likeness (QED) is 0.272. The number of carbonyl (C=O) groups excluding carboxylic acids is 4. The van der Waals surface area contributed by atoms with Crippen LogP contribution < -0.4 is 16.0 Å². The van der Waals surface area contributed by atoms with Crippen molar-refractivity contribution in [2.24, 2.45) is 0 Å². The van der Waals surface area contributed by atoms with Crippen LogP contribution in [-0.4, -0.2) is 60.6 Å². The molecule has 0 saturated carbocycles. The van der Waals surface area contributed by atoms with Gasteiger partial charge in [0.25, 0.3) is 5.91 Å². The first kappa shape index (κ1) is 26.2. The van der Waals surface area contributed by atoms with Crippen LogP contribution in [0.3, 0.4) is 0 Å². The van der Waals surface area contributed by atoms with Gasteiger partial charge in [0.2, 0.25) is 11.8 Å². The van der Waals surface area contributed by atoms with Crippen molar-refractivity contribution in [1.29, 1.82) is 0 Å². The summed E-state index contributed by atoms with van der Waals surface area (Å²) in [5.41, 5.74) is 0.872. The second kappa shape index (κ2) is 10.6. The molecule has 0 bridgehead atoms. The molecule has 2 aromatic heterocycles. The van der Waals surface area contributed by atoms with E-state index in [4.69, 9.17) is 4.74 Å². The molecule has 0 aliphatic carbocycles. The smallest absolute Gasteiger partial charge is 0.414 e. The van der Waals surface area contributed by atoms with Crippen molar-refractivity contribution in [3.63, 3.8) is 0 Å². The Kier molecular flexibility index (Phi) is 7.32. The summed E-state index contributed by atoms with van der Waals surface area (Å²) in [5.74, 6) is -2.48. The van der Waals surface area contributed by atoms with E-state index in [-0.39, 0.29) is 36.5 Å². The topological polar surface area (TPSA) is 195 Å². The normalized spacial score (nSPS) is 15.5. The van der Waals surface area contributed by atoms with E-state index >= 15 is 0 Å². The van der Waals surface area contributed by atoms with Crippen LogP contribution in [0, 0.1) is 0 Å². The lowest BCUT2D eigenvalue weighted by molar-refractivity contribution is -0.165. The number of ether oxygens (including phenoxy) is 2. The molecule has 1 fully saturated rings. The van der Waals surface area contributed by atoms with E-state index in [1.54, 1.807) is 45.0 Å². The predicted molar refractivity (Wildman–Crippen MR) is 132 cm³/mol. The first-order chi connectivity index (χ1) is 18.0. The van der Waals surface area contributed by atoms with Crippen molar-refractivity contribution >= 4 is 46.7 Å². The van der Waals surface area contributed by atoms with E-state index in [1.807, 2.05) is 0 Å². The Labute approximate surface area is 216 Å². The third-order valence-corrected chi connectivity index (χ3v) is 5.11. The van der Waals surface area contributed by atoms with Gasteiger partial charge >= 0.3 is 18.0 Å². The molecule has 14 nitrogen and oxygen atoms in total. The van der Waals surface area contributed by atoms with Gasteiger partial charge in [-0.15, -0.1) is 0 Å². The van der Waals surface area contributed by atoms with Crippen LogP contribution >= 0.6 is 0 Å². The fourth-order valence-corrected chi connectivity index (χ4v) is 3.38. The molecule has 14 heteroatoms. The molecule has 0 radical (unpaired) electrons. The number of aromatic nitrogens is 4. The second-order valence-corrected chi connectivity index (χ2v) is 9.32. The first-order valence-corrected chi connectivity index (χ1v) is 11.6.